The fourth-order valence-electron chi connectivity index (χ4n) is 3.20. The van der Waals surface area contributed by atoms with E-state index < -0.39 is 0 Å². The van der Waals surface area contributed by atoms with Crippen LogP contribution in [0.3, 0.4) is 0 Å². The Balaban J connectivity index is 2.06. The predicted octanol–water partition coefficient (Wildman–Crippen LogP) is 2.84. The zero-order chi connectivity index (χ0) is 13.8. The van der Waals surface area contributed by atoms with Gasteiger partial charge in [0.15, 0.2) is 0 Å². The maximum absolute atomic E-state index is 6.21. The number of nitrogens with two attached hydrogens (primary N) is 1. The lowest BCUT2D eigenvalue weighted by atomic mass is 9.85. The zero-order valence-corrected chi connectivity index (χ0v) is 12.4. The Morgan fingerprint density at radius 2 is 1.89 bits per heavy atom. The van der Waals surface area contributed by atoms with Gasteiger partial charge in [-0.25, -0.2) is 0 Å². The molecule has 2 atom stereocenters. The van der Waals surface area contributed by atoms with Crippen LogP contribution in [0.2, 0.25) is 0 Å². The Bertz CT molecular complexity index is 367. The third kappa shape index (κ3) is 3.54. The topological polar surface area (TPSA) is 42.2 Å². The van der Waals surface area contributed by atoms with Gasteiger partial charge in [0, 0.05) is 12.2 Å². The van der Waals surface area contributed by atoms with Crippen LogP contribution in [-0.4, -0.2) is 29.0 Å². The van der Waals surface area contributed by atoms with Crippen LogP contribution in [0.4, 0.5) is 0 Å². The average molecular weight is 261 g/mol. The standard InChI is InChI=1S/C16H27N3/c1-12(2)14-7-10-19(11-8-14)16(13(3)17)15-6-4-5-9-18-15/h4-6,9,12-14,16H,7-8,10-11,17H2,1-3H3. The molecule has 19 heavy (non-hydrogen) atoms. The molecule has 0 aromatic carbocycles. The van der Waals surface area contributed by atoms with Gasteiger partial charge in [0.1, 0.15) is 0 Å². The lowest BCUT2D eigenvalue weighted by molar-refractivity contribution is 0.101. The highest BCUT2D eigenvalue weighted by atomic mass is 15.2. The molecule has 1 aromatic heterocycles. The molecule has 1 saturated heterocycles. The van der Waals surface area contributed by atoms with Crippen molar-refractivity contribution >= 4 is 0 Å². The fourth-order valence-corrected chi connectivity index (χ4v) is 3.20. The minimum absolute atomic E-state index is 0.116. The first-order chi connectivity index (χ1) is 9.09. The summed E-state index contributed by atoms with van der Waals surface area (Å²) < 4.78 is 0. The number of pyridine rings is 1. The van der Waals surface area contributed by atoms with Crippen LogP contribution < -0.4 is 5.73 Å². The lowest BCUT2D eigenvalue weighted by Crippen LogP contribution is -2.44. The van der Waals surface area contributed by atoms with Crippen molar-refractivity contribution in [1.29, 1.82) is 0 Å². The van der Waals surface area contributed by atoms with Gasteiger partial charge in [0.25, 0.3) is 0 Å². The monoisotopic (exact) mass is 261 g/mol. The van der Waals surface area contributed by atoms with Crippen molar-refractivity contribution in [1.82, 2.24) is 9.88 Å². The maximum Gasteiger partial charge on any atom is 0.0670 e. The van der Waals surface area contributed by atoms with Crippen LogP contribution in [-0.2, 0) is 0 Å². The van der Waals surface area contributed by atoms with Gasteiger partial charge >= 0.3 is 0 Å². The highest BCUT2D eigenvalue weighted by Crippen LogP contribution is 2.30. The van der Waals surface area contributed by atoms with Crippen LogP contribution in [0.5, 0.6) is 0 Å². The Kier molecular flexibility index (Phi) is 4.94. The zero-order valence-electron chi connectivity index (χ0n) is 12.4. The molecule has 1 aliphatic heterocycles. The molecule has 2 rings (SSSR count). The van der Waals surface area contributed by atoms with E-state index in [4.69, 9.17) is 5.73 Å². The predicted molar refractivity (Wildman–Crippen MR) is 79.8 cm³/mol. The van der Waals surface area contributed by atoms with E-state index in [1.54, 1.807) is 0 Å². The summed E-state index contributed by atoms with van der Waals surface area (Å²) in [6.45, 7) is 9.05. The molecule has 3 heteroatoms. The van der Waals surface area contributed by atoms with Crippen molar-refractivity contribution in [2.45, 2.75) is 45.7 Å². The van der Waals surface area contributed by atoms with Crippen molar-refractivity contribution in [3.8, 4) is 0 Å². The smallest absolute Gasteiger partial charge is 0.0670 e. The quantitative estimate of drug-likeness (QED) is 0.906. The maximum atomic E-state index is 6.21. The first-order valence-electron chi connectivity index (χ1n) is 7.50. The minimum atomic E-state index is 0.116. The number of aromatic nitrogens is 1. The molecule has 106 valence electrons. The van der Waals surface area contributed by atoms with E-state index in [0.717, 1.165) is 30.6 Å². The van der Waals surface area contributed by atoms with Gasteiger partial charge in [-0.2, -0.15) is 0 Å². The number of nitrogens with zero attached hydrogens (tertiary/aromatic N) is 2. The Hall–Kier alpha value is -0.930. The molecule has 1 aromatic rings. The van der Waals surface area contributed by atoms with Crippen LogP contribution in [0, 0.1) is 11.8 Å². The molecular formula is C16H27N3. The van der Waals surface area contributed by atoms with Gasteiger partial charge in [0.05, 0.1) is 11.7 Å². The number of rotatable bonds is 4. The van der Waals surface area contributed by atoms with Gasteiger partial charge in [-0.05, 0) is 56.8 Å². The largest absolute Gasteiger partial charge is 0.326 e. The van der Waals surface area contributed by atoms with Gasteiger partial charge in [0.2, 0.25) is 0 Å². The second-order valence-electron chi connectivity index (χ2n) is 6.18. The lowest BCUT2D eigenvalue weighted by Gasteiger charge is -2.40. The summed E-state index contributed by atoms with van der Waals surface area (Å²) in [4.78, 5) is 7.03. The second-order valence-corrected chi connectivity index (χ2v) is 6.18. The molecule has 0 radical (unpaired) electrons. The molecule has 1 aliphatic rings. The summed E-state index contributed by atoms with van der Waals surface area (Å²) in [7, 11) is 0. The molecule has 0 amide bonds. The number of hydrogen-bond acceptors (Lipinski definition) is 3. The van der Waals surface area contributed by atoms with Crippen LogP contribution in [0.1, 0.15) is 45.3 Å². The Morgan fingerprint density at radius 3 is 2.37 bits per heavy atom. The van der Waals surface area contributed by atoms with E-state index in [2.05, 4.69) is 42.8 Å². The first kappa shape index (κ1) is 14.5. The van der Waals surface area contributed by atoms with Gasteiger partial charge in [-0.1, -0.05) is 19.9 Å². The molecule has 2 heterocycles. The molecule has 3 nitrogen and oxygen atoms in total. The van der Waals surface area contributed by atoms with Crippen LogP contribution in [0.25, 0.3) is 0 Å². The van der Waals surface area contributed by atoms with E-state index in [-0.39, 0.29) is 12.1 Å². The Labute approximate surface area is 117 Å². The van der Waals surface area contributed by atoms with Crippen molar-refractivity contribution < 1.29 is 0 Å². The number of piperidine rings is 1. The van der Waals surface area contributed by atoms with Crippen molar-refractivity contribution in [2.24, 2.45) is 17.6 Å². The van der Waals surface area contributed by atoms with Gasteiger partial charge < -0.3 is 5.73 Å². The molecule has 1 fully saturated rings. The van der Waals surface area contributed by atoms with Crippen molar-refractivity contribution in [3.05, 3.63) is 30.1 Å². The second kappa shape index (κ2) is 6.49. The van der Waals surface area contributed by atoms with Gasteiger partial charge in [-0.15, -0.1) is 0 Å². The molecular weight excluding hydrogens is 234 g/mol. The average Bonchev–Trinajstić information content (AvgIpc) is 2.40. The van der Waals surface area contributed by atoms with Crippen LogP contribution >= 0.6 is 0 Å². The van der Waals surface area contributed by atoms with E-state index >= 15 is 0 Å². The number of likely N-dealkylation sites (tertiary alicyclic amines) is 1. The highest BCUT2D eigenvalue weighted by Gasteiger charge is 2.29. The Morgan fingerprint density at radius 1 is 1.21 bits per heavy atom. The minimum Gasteiger partial charge on any atom is -0.326 e. The number of hydrogen-bond donors (Lipinski definition) is 1. The van der Waals surface area contributed by atoms with Crippen molar-refractivity contribution in [2.75, 3.05) is 13.1 Å². The van der Waals surface area contributed by atoms with E-state index in [1.165, 1.54) is 12.8 Å². The first-order valence-corrected chi connectivity index (χ1v) is 7.50. The van der Waals surface area contributed by atoms with E-state index in [1.807, 2.05) is 12.3 Å². The molecule has 2 unspecified atom stereocenters. The normalized spacial score (nSPS) is 21.5. The summed E-state index contributed by atoms with van der Waals surface area (Å²) in [5, 5.41) is 0. The highest BCUT2D eigenvalue weighted by molar-refractivity contribution is 5.11. The molecule has 0 bridgehead atoms. The summed E-state index contributed by atoms with van der Waals surface area (Å²) in [6.07, 6.45) is 4.44. The summed E-state index contributed by atoms with van der Waals surface area (Å²) in [5.41, 5.74) is 7.32. The SMILES string of the molecule is CC(C)C1CCN(C(c2ccccn2)C(C)N)CC1. The molecule has 2 N–H and O–H groups in total. The van der Waals surface area contributed by atoms with Crippen molar-refractivity contribution in [3.63, 3.8) is 0 Å². The fraction of sp³-hybridized carbons (Fsp3) is 0.688. The molecule has 0 aliphatic carbocycles. The van der Waals surface area contributed by atoms with Gasteiger partial charge in [-0.3, -0.25) is 9.88 Å². The molecule has 0 spiro atoms. The third-order valence-corrected chi connectivity index (χ3v) is 4.40. The van der Waals surface area contributed by atoms with E-state index in [0.29, 0.717) is 0 Å². The summed E-state index contributed by atoms with van der Waals surface area (Å²) in [6, 6.07) is 6.49. The van der Waals surface area contributed by atoms with E-state index in [9.17, 15) is 0 Å². The molecule has 0 saturated carbocycles. The summed E-state index contributed by atoms with van der Waals surface area (Å²) in [5.74, 6) is 1.67. The third-order valence-electron chi connectivity index (χ3n) is 4.40. The van der Waals surface area contributed by atoms with Crippen LogP contribution in [0.15, 0.2) is 24.4 Å². The summed E-state index contributed by atoms with van der Waals surface area (Å²) >= 11 is 0.